The summed E-state index contributed by atoms with van der Waals surface area (Å²) in [4.78, 5) is 12.0. The molecule has 18 heavy (non-hydrogen) atoms. The van der Waals surface area contributed by atoms with E-state index in [1.54, 1.807) is 12.1 Å². The van der Waals surface area contributed by atoms with Gasteiger partial charge in [-0.15, -0.1) is 11.3 Å². The Kier molecular flexibility index (Phi) is 3.99. The van der Waals surface area contributed by atoms with Crippen molar-refractivity contribution in [3.8, 4) is 5.75 Å². The summed E-state index contributed by atoms with van der Waals surface area (Å²) in [6.45, 7) is 1.66. The number of halogens is 2. The number of benzene rings is 1. The number of hydrogen-bond acceptors (Lipinski definition) is 3. The van der Waals surface area contributed by atoms with Crippen LogP contribution < -0.4 is 4.74 Å². The van der Waals surface area contributed by atoms with E-state index in [-0.39, 0.29) is 11.3 Å². The highest BCUT2D eigenvalue weighted by Gasteiger charge is 2.08. The maximum atomic E-state index is 13.5. The SMILES string of the molecule is CC(=O)c1ccc(OCc2ccc(Cl)s2)cc1F. The van der Waals surface area contributed by atoms with Gasteiger partial charge in [0.2, 0.25) is 0 Å². The van der Waals surface area contributed by atoms with Crippen LogP contribution in [0, 0.1) is 5.82 Å². The zero-order valence-electron chi connectivity index (χ0n) is 9.57. The highest BCUT2D eigenvalue weighted by molar-refractivity contribution is 7.16. The van der Waals surface area contributed by atoms with Gasteiger partial charge in [0, 0.05) is 10.9 Å². The van der Waals surface area contributed by atoms with Crippen molar-refractivity contribution >= 4 is 28.7 Å². The van der Waals surface area contributed by atoms with Gasteiger partial charge in [-0.1, -0.05) is 11.6 Å². The van der Waals surface area contributed by atoms with Gasteiger partial charge in [-0.2, -0.15) is 0 Å². The fourth-order valence-electron chi connectivity index (χ4n) is 1.45. The second-order valence-corrected chi connectivity index (χ2v) is 5.49. The van der Waals surface area contributed by atoms with Crippen molar-refractivity contribution in [2.75, 3.05) is 0 Å². The van der Waals surface area contributed by atoms with Crippen molar-refractivity contribution in [2.45, 2.75) is 13.5 Å². The van der Waals surface area contributed by atoms with Gasteiger partial charge in [0.1, 0.15) is 18.2 Å². The molecule has 0 aliphatic rings. The van der Waals surface area contributed by atoms with Gasteiger partial charge in [-0.25, -0.2) is 4.39 Å². The molecular formula is C13H10ClFO2S. The van der Waals surface area contributed by atoms with Crippen LogP contribution in [0.4, 0.5) is 4.39 Å². The largest absolute Gasteiger partial charge is 0.488 e. The van der Waals surface area contributed by atoms with Crippen LogP contribution in [-0.2, 0) is 6.61 Å². The molecule has 0 saturated carbocycles. The molecule has 0 aliphatic carbocycles. The quantitative estimate of drug-likeness (QED) is 0.782. The maximum absolute atomic E-state index is 13.5. The van der Waals surface area contributed by atoms with Gasteiger partial charge in [-0.3, -0.25) is 4.79 Å². The molecule has 2 aromatic rings. The van der Waals surface area contributed by atoms with Gasteiger partial charge in [-0.05, 0) is 31.2 Å². The molecule has 0 fully saturated rings. The summed E-state index contributed by atoms with van der Waals surface area (Å²) in [6, 6.07) is 7.85. The number of carbonyl (C=O) groups is 1. The Hall–Kier alpha value is -1.39. The van der Waals surface area contributed by atoms with E-state index in [1.807, 2.05) is 6.07 Å². The first-order valence-corrected chi connectivity index (χ1v) is 6.43. The van der Waals surface area contributed by atoms with Crippen molar-refractivity contribution in [3.63, 3.8) is 0 Å². The van der Waals surface area contributed by atoms with E-state index in [1.165, 1.54) is 30.4 Å². The summed E-state index contributed by atoms with van der Waals surface area (Å²) in [7, 11) is 0. The summed E-state index contributed by atoms with van der Waals surface area (Å²) >= 11 is 7.20. The molecule has 0 saturated heterocycles. The Labute approximate surface area is 113 Å². The molecule has 0 amide bonds. The van der Waals surface area contributed by atoms with Crippen LogP contribution in [0.5, 0.6) is 5.75 Å². The number of hydrogen-bond donors (Lipinski definition) is 0. The van der Waals surface area contributed by atoms with Crippen LogP contribution in [0.25, 0.3) is 0 Å². The average molecular weight is 285 g/mol. The Morgan fingerprint density at radius 3 is 2.72 bits per heavy atom. The molecule has 1 heterocycles. The van der Waals surface area contributed by atoms with E-state index in [4.69, 9.17) is 16.3 Å². The van der Waals surface area contributed by atoms with Crippen LogP contribution >= 0.6 is 22.9 Å². The van der Waals surface area contributed by atoms with E-state index >= 15 is 0 Å². The third-order valence-electron chi connectivity index (χ3n) is 2.33. The molecule has 0 radical (unpaired) electrons. The minimum Gasteiger partial charge on any atom is -0.488 e. The Morgan fingerprint density at radius 2 is 2.17 bits per heavy atom. The van der Waals surface area contributed by atoms with Crippen LogP contribution in [0.15, 0.2) is 30.3 Å². The first-order chi connectivity index (χ1) is 8.56. The number of ketones is 1. The van der Waals surface area contributed by atoms with Crippen molar-refractivity contribution in [1.29, 1.82) is 0 Å². The first kappa shape index (κ1) is 13.1. The van der Waals surface area contributed by atoms with Crippen LogP contribution in [0.2, 0.25) is 4.34 Å². The third-order valence-corrected chi connectivity index (χ3v) is 3.53. The maximum Gasteiger partial charge on any atom is 0.162 e. The zero-order valence-corrected chi connectivity index (χ0v) is 11.1. The van der Waals surface area contributed by atoms with Crippen molar-refractivity contribution in [2.24, 2.45) is 0 Å². The summed E-state index contributed by atoms with van der Waals surface area (Å²) in [6.07, 6.45) is 0. The molecule has 0 atom stereocenters. The third kappa shape index (κ3) is 3.09. The van der Waals surface area contributed by atoms with Gasteiger partial charge < -0.3 is 4.74 Å². The predicted octanol–water partition coefficient (Wildman–Crippen LogP) is 4.32. The van der Waals surface area contributed by atoms with Crippen LogP contribution in [-0.4, -0.2) is 5.78 Å². The van der Waals surface area contributed by atoms with Crippen LogP contribution in [0.3, 0.4) is 0 Å². The zero-order chi connectivity index (χ0) is 13.1. The number of carbonyl (C=O) groups excluding carboxylic acids is 1. The second kappa shape index (κ2) is 5.50. The normalized spacial score (nSPS) is 10.4. The van der Waals surface area contributed by atoms with Gasteiger partial charge in [0.25, 0.3) is 0 Å². The molecule has 5 heteroatoms. The molecule has 2 rings (SSSR count). The molecule has 0 spiro atoms. The average Bonchev–Trinajstić information content (AvgIpc) is 2.72. The van der Waals surface area contributed by atoms with Gasteiger partial charge in [0.05, 0.1) is 9.90 Å². The highest BCUT2D eigenvalue weighted by Crippen LogP contribution is 2.24. The molecule has 1 aromatic heterocycles. The molecular weight excluding hydrogens is 275 g/mol. The predicted molar refractivity (Wildman–Crippen MR) is 70.1 cm³/mol. The minimum atomic E-state index is -0.566. The fraction of sp³-hybridized carbons (Fsp3) is 0.154. The summed E-state index contributed by atoms with van der Waals surface area (Å²) in [5.41, 5.74) is 0.0709. The van der Waals surface area contributed by atoms with E-state index in [9.17, 15) is 9.18 Å². The highest BCUT2D eigenvalue weighted by atomic mass is 35.5. The molecule has 0 unspecified atom stereocenters. The summed E-state index contributed by atoms with van der Waals surface area (Å²) in [5, 5.41) is 0. The lowest BCUT2D eigenvalue weighted by molar-refractivity contribution is 0.101. The first-order valence-electron chi connectivity index (χ1n) is 5.24. The van der Waals surface area contributed by atoms with E-state index in [0.29, 0.717) is 16.7 Å². The summed E-state index contributed by atoms with van der Waals surface area (Å²) < 4.78 is 19.6. The molecule has 2 nitrogen and oxygen atoms in total. The minimum absolute atomic E-state index is 0.0709. The molecule has 0 N–H and O–H groups in total. The Morgan fingerprint density at radius 1 is 1.39 bits per heavy atom. The van der Waals surface area contributed by atoms with E-state index < -0.39 is 5.82 Å². The Balaban J connectivity index is 2.06. The number of ether oxygens (including phenoxy) is 1. The number of rotatable bonds is 4. The fourth-order valence-corrected chi connectivity index (χ4v) is 2.46. The van der Waals surface area contributed by atoms with Gasteiger partial charge in [0.15, 0.2) is 5.78 Å². The molecule has 0 aliphatic heterocycles. The lowest BCUT2D eigenvalue weighted by atomic mass is 10.1. The lowest BCUT2D eigenvalue weighted by Crippen LogP contribution is -1.99. The number of thiophene rings is 1. The number of Topliss-reactive ketones (excluding diaryl/α,β-unsaturated/α-hetero) is 1. The van der Waals surface area contributed by atoms with Crippen molar-refractivity contribution in [1.82, 2.24) is 0 Å². The lowest BCUT2D eigenvalue weighted by Gasteiger charge is -2.06. The van der Waals surface area contributed by atoms with Gasteiger partial charge >= 0.3 is 0 Å². The molecule has 0 bridgehead atoms. The van der Waals surface area contributed by atoms with Crippen LogP contribution in [0.1, 0.15) is 22.2 Å². The second-order valence-electron chi connectivity index (χ2n) is 3.69. The summed E-state index contributed by atoms with van der Waals surface area (Å²) in [5.74, 6) is -0.477. The standard InChI is InChI=1S/C13H10ClFO2S/c1-8(16)11-4-2-9(6-12(11)15)17-7-10-3-5-13(14)18-10/h2-6H,7H2,1H3. The topological polar surface area (TPSA) is 26.3 Å². The Bertz CT molecular complexity index is 580. The van der Waals surface area contributed by atoms with E-state index in [0.717, 1.165) is 4.88 Å². The smallest absolute Gasteiger partial charge is 0.162 e. The van der Waals surface area contributed by atoms with Crippen molar-refractivity contribution < 1.29 is 13.9 Å². The molecule has 1 aromatic carbocycles. The monoisotopic (exact) mass is 284 g/mol. The molecule has 94 valence electrons. The van der Waals surface area contributed by atoms with Crippen molar-refractivity contribution in [3.05, 3.63) is 50.9 Å². The van der Waals surface area contributed by atoms with E-state index in [2.05, 4.69) is 0 Å².